The molecule has 178 valence electrons. The van der Waals surface area contributed by atoms with Gasteiger partial charge in [-0.25, -0.2) is 9.97 Å². The quantitative estimate of drug-likeness (QED) is 0.527. The Morgan fingerprint density at radius 1 is 1.24 bits per heavy atom. The molecule has 9 heteroatoms. The number of ether oxygens (including phenoxy) is 3. The summed E-state index contributed by atoms with van der Waals surface area (Å²) in [5.74, 6) is 1.21. The zero-order chi connectivity index (χ0) is 24.2. The first kappa shape index (κ1) is 23.5. The van der Waals surface area contributed by atoms with Gasteiger partial charge in [0.2, 0.25) is 5.88 Å². The van der Waals surface area contributed by atoms with Crippen molar-refractivity contribution in [2.75, 3.05) is 24.6 Å². The van der Waals surface area contributed by atoms with Gasteiger partial charge in [-0.3, -0.25) is 4.79 Å². The minimum absolute atomic E-state index is 0.0739. The van der Waals surface area contributed by atoms with Crippen LogP contribution >= 0.6 is 0 Å². The highest BCUT2D eigenvalue weighted by Crippen LogP contribution is 2.29. The number of nitrogens with zero attached hydrogens (tertiary/aromatic N) is 5. The molecule has 0 aromatic carbocycles. The number of fused-ring (bicyclic) bond motifs is 1. The van der Waals surface area contributed by atoms with Crippen LogP contribution in [0.5, 0.6) is 11.6 Å². The van der Waals surface area contributed by atoms with E-state index in [0.29, 0.717) is 60.2 Å². The Bertz CT molecular complexity index is 1250. The zero-order valence-electron chi connectivity index (χ0n) is 19.9. The molecule has 0 amide bonds. The van der Waals surface area contributed by atoms with E-state index >= 15 is 0 Å². The SMILES string of the molecule is CCOC1CN(c2cc(=O)n(C)c3ccc(C#N)nc23)CCC1Oc1ccc(OC(C)C)cn1. The van der Waals surface area contributed by atoms with Gasteiger partial charge in [0, 0.05) is 45.3 Å². The highest BCUT2D eigenvalue weighted by Gasteiger charge is 2.33. The maximum Gasteiger partial charge on any atom is 0.252 e. The fourth-order valence-corrected chi connectivity index (χ4v) is 4.17. The van der Waals surface area contributed by atoms with Crippen LogP contribution in [0.3, 0.4) is 0 Å². The third-order valence-electron chi connectivity index (χ3n) is 5.76. The molecule has 2 unspecified atom stereocenters. The third-order valence-corrected chi connectivity index (χ3v) is 5.76. The monoisotopic (exact) mass is 463 g/mol. The molecule has 0 spiro atoms. The summed E-state index contributed by atoms with van der Waals surface area (Å²) in [5, 5.41) is 9.32. The first-order chi connectivity index (χ1) is 16.4. The molecule has 0 bridgehead atoms. The van der Waals surface area contributed by atoms with Gasteiger partial charge in [-0.1, -0.05) is 0 Å². The van der Waals surface area contributed by atoms with E-state index in [4.69, 9.17) is 14.2 Å². The minimum atomic E-state index is -0.231. The molecule has 1 aliphatic rings. The van der Waals surface area contributed by atoms with E-state index in [2.05, 4.69) is 20.9 Å². The molecule has 1 fully saturated rings. The fraction of sp³-hybridized carbons (Fsp3) is 0.440. The Morgan fingerprint density at radius 2 is 2.06 bits per heavy atom. The Balaban J connectivity index is 1.58. The number of anilines is 1. The van der Waals surface area contributed by atoms with Crippen molar-refractivity contribution >= 4 is 16.7 Å². The van der Waals surface area contributed by atoms with Crippen LogP contribution < -0.4 is 19.9 Å². The molecule has 2 atom stereocenters. The third kappa shape index (κ3) is 4.97. The highest BCUT2D eigenvalue weighted by atomic mass is 16.5. The van der Waals surface area contributed by atoms with Crippen LogP contribution in [0.25, 0.3) is 11.0 Å². The molecule has 34 heavy (non-hydrogen) atoms. The van der Waals surface area contributed by atoms with Crippen LogP contribution in [-0.2, 0) is 11.8 Å². The van der Waals surface area contributed by atoms with Crippen molar-refractivity contribution < 1.29 is 14.2 Å². The summed E-state index contributed by atoms with van der Waals surface area (Å²) in [6.07, 6.45) is 1.98. The summed E-state index contributed by atoms with van der Waals surface area (Å²) >= 11 is 0. The molecular weight excluding hydrogens is 434 g/mol. The molecule has 1 aliphatic heterocycles. The van der Waals surface area contributed by atoms with Crippen LogP contribution in [0, 0.1) is 11.3 Å². The molecule has 0 N–H and O–H groups in total. The Kier molecular flexibility index (Phi) is 6.98. The fourth-order valence-electron chi connectivity index (χ4n) is 4.17. The average Bonchev–Trinajstić information content (AvgIpc) is 2.83. The molecular formula is C25H29N5O4. The van der Waals surface area contributed by atoms with Gasteiger partial charge in [0.1, 0.15) is 35.2 Å². The number of aromatic nitrogens is 3. The summed E-state index contributed by atoms with van der Waals surface area (Å²) < 4.78 is 19.4. The van der Waals surface area contributed by atoms with Gasteiger partial charge < -0.3 is 23.7 Å². The van der Waals surface area contributed by atoms with E-state index in [0.717, 1.165) is 0 Å². The van der Waals surface area contributed by atoms with Gasteiger partial charge in [-0.2, -0.15) is 5.26 Å². The molecule has 3 aromatic rings. The molecule has 3 aromatic heterocycles. The highest BCUT2D eigenvalue weighted by molar-refractivity contribution is 5.88. The van der Waals surface area contributed by atoms with Crippen molar-refractivity contribution in [3.05, 3.63) is 52.6 Å². The van der Waals surface area contributed by atoms with E-state index in [1.165, 1.54) is 0 Å². The summed E-state index contributed by atoms with van der Waals surface area (Å²) in [6, 6.07) is 10.7. The number of hydrogen-bond donors (Lipinski definition) is 0. The van der Waals surface area contributed by atoms with Crippen molar-refractivity contribution in [1.29, 1.82) is 5.26 Å². The smallest absolute Gasteiger partial charge is 0.252 e. The normalized spacial score (nSPS) is 18.2. The average molecular weight is 464 g/mol. The lowest BCUT2D eigenvalue weighted by atomic mass is 10.0. The maximum absolute atomic E-state index is 12.6. The summed E-state index contributed by atoms with van der Waals surface area (Å²) in [7, 11) is 1.70. The van der Waals surface area contributed by atoms with Crippen LogP contribution in [0.4, 0.5) is 5.69 Å². The number of rotatable bonds is 7. The first-order valence-corrected chi connectivity index (χ1v) is 11.5. The summed E-state index contributed by atoms with van der Waals surface area (Å²) in [4.78, 5) is 23.6. The maximum atomic E-state index is 12.6. The van der Waals surface area contributed by atoms with Gasteiger partial charge in [0.15, 0.2) is 0 Å². The van der Waals surface area contributed by atoms with E-state index in [9.17, 15) is 10.1 Å². The Hall–Kier alpha value is -3.64. The van der Waals surface area contributed by atoms with E-state index in [1.54, 1.807) is 42.1 Å². The lowest BCUT2D eigenvalue weighted by Gasteiger charge is -2.39. The first-order valence-electron chi connectivity index (χ1n) is 11.5. The zero-order valence-corrected chi connectivity index (χ0v) is 19.9. The molecule has 9 nitrogen and oxygen atoms in total. The number of piperidine rings is 1. The number of pyridine rings is 3. The molecule has 1 saturated heterocycles. The van der Waals surface area contributed by atoms with E-state index in [1.807, 2.05) is 26.8 Å². The largest absolute Gasteiger partial charge is 0.489 e. The van der Waals surface area contributed by atoms with Gasteiger partial charge >= 0.3 is 0 Å². The lowest BCUT2D eigenvalue weighted by Crippen LogP contribution is -2.50. The topological polar surface area (TPSA) is 103 Å². The van der Waals surface area contributed by atoms with E-state index in [-0.39, 0.29) is 23.9 Å². The molecule has 0 saturated carbocycles. The Morgan fingerprint density at radius 3 is 2.74 bits per heavy atom. The van der Waals surface area contributed by atoms with E-state index < -0.39 is 0 Å². The second-order valence-electron chi connectivity index (χ2n) is 8.49. The lowest BCUT2D eigenvalue weighted by molar-refractivity contribution is -0.0296. The van der Waals surface area contributed by atoms with Crippen molar-refractivity contribution in [3.63, 3.8) is 0 Å². The second-order valence-corrected chi connectivity index (χ2v) is 8.49. The van der Waals surface area contributed by atoms with Gasteiger partial charge in [0.25, 0.3) is 5.56 Å². The number of hydrogen-bond acceptors (Lipinski definition) is 8. The number of aryl methyl sites for hydroxylation is 1. The van der Waals surface area contributed by atoms with Crippen LogP contribution in [0.2, 0.25) is 0 Å². The number of nitriles is 1. The standard InChI is InChI=1S/C25H29N5O4/c1-5-32-22-15-30(11-10-21(22)34-23-9-7-18(14-27-23)33-16(2)3)20-12-24(31)29(4)19-8-6-17(13-26)28-25(19)20/h6-9,12,14,16,21-22H,5,10-11,15H2,1-4H3. The van der Waals surface area contributed by atoms with Gasteiger partial charge in [-0.05, 0) is 39.0 Å². The van der Waals surface area contributed by atoms with Crippen molar-refractivity contribution in [2.24, 2.45) is 7.05 Å². The molecule has 4 heterocycles. The van der Waals surface area contributed by atoms with Crippen molar-refractivity contribution in [1.82, 2.24) is 14.5 Å². The minimum Gasteiger partial charge on any atom is -0.489 e. The van der Waals surface area contributed by atoms with Gasteiger partial charge in [-0.15, -0.1) is 0 Å². The van der Waals surface area contributed by atoms with Crippen LogP contribution in [0.1, 0.15) is 32.9 Å². The van der Waals surface area contributed by atoms with Gasteiger partial charge in [0.05, 0.1) is 23.5 Å². The van der Waals surface area contributed by atoms with Crippen LogP contribution in [-0.4, -0.2) is 52.5 Å². The Labute approximate surface area is 198 Å². The molecule has 4 rings (SSSR count). The molecule has 0 radical (unpaired) electrons. The van der Waals surface area contributed by atoms with Crippen molar-refractivity contribution in [3.8, 4) is 17.7 Å². The van der Waals surface area contributed by atoms with Crippen LogP contribution in [0.15, 0.2) is 41.3 Å². The molecule has 0 aliphatic carbocycles. The summed E-state index contributed by atoms with van der Waals surface area (Å²) in [5.41, 5.74) is 2.18. The predicted octanol–water partition coefficient (Wildman–Crippen LogP) is 3.05. The predicted molar refractivity (Wildman–Crippen MR) is 128 cm³/mol. The van der Waals surface area contributed by atoms with Crippen molar-refractivity contribution in [2.45, 2.75) is 45.5 Å². The summed E-state index contributed by atoms with van der Waals surface area (Å²) in [6.45, 7) is 7.57. The second kappa shape index (κ2) is 10.1.